The number of rotatable bonds is 5. The van der Waals surface area contributed by atoms with Crippen molar-refractivity contribution < 1.29 is 4.79 Å². The summed E-state index contributed by atoms with van der Waals surface area (Å²) >= 11 is 0. The quantitative estimate of drug-likeness (QED) is 0.523. The smallest absolute Gasteiger partial charge is 0.266 e. The normalized spacial score (nSPS) is 11.1. The van der Waals surface area contributed by atoms with Crippen molar-refractivity contribution in [1.82, 2.24) is 4.57 Å². The zero-order valence-electron chi connectivity index (χ0n) is 15.4. The first-order valence-corrected chi connectivity index (χ1v) is 8.89. The van der Waals surface area contributed by atoms with Crippen LogP contribution in [0.15, 0.2) is 72.3 Å². The van der Waals surface area contributed by atoms with Gasteiger partial charge in [-0.3, -0.25) is 4.79 Å². The Hall–Kier alpha value is -3.58. The number of hydrogen-bond donors (Lipinski definition) is 1. The van der Waals surface area contributed by atoms with E-state index in [4.69, 9.17) is 0 Å². The van der Waals surface area contributed by atoms with Crippen LogP contribution in [-0.2, 0) is 11.2 Å². The van der Waals surface area contributed by atoms with E-state index in [0.717, 1.165) is 34.7 Å². The minimum atomic E-state index is -0.406. The highest BCUT2D eigenvalue weighted by molar-refractivity contribution is 6.09. The lowest BCUT2D eigenvalue weighted by Crippen LogP contribution is -2.15. The molecule has 1 amide bonds. The Bertz CT molecular complexity index is 1020. The zero-order valence-corrected chi connectivity index (χ0v) is 15.4. The van der Waals surface area contributed by atoms with Crippen LogP contribution in [0.5, 0.6) is 0 Å². The number of aryl methyl sites for hydroxylation is 2. The monoisotopic (exact) mass is 355 g/mol. The molecule has 0 fully saturated rings. The number of hydrogen-bond acceptors (Lipinski definition) is 2. The molecular formula is C23H21N3O. The Labute approximate surface area is 159 Å². The summed E-state index contributed by atoms with van der Waals surface area (Å²) < 4.78 is 2.02. The molecule has 134 valence electrons. The molecule has 0 radical (unpaired) electrons. The topological polar surface area (TPSA) is 57.8 Å². The Morgan fingerprint density at radius 1 is 1.07 bits per heavy atom. The van der Waals surface area contributed by atoms with Gasteiger partial charge in [-0.15, -0.1) is 0 Å². The largest absolute Gasteiger partial charge is 0.321 e. The molecular weight excluding hydrogens is 334 g/mol. The van der Waals surface area contributed by atoms with Crippen molar-refractivity contribution >= 4 is 17.7 Å². The molecule has 27 heavy (non-hydrogen) atoms. The molecule has 0 aliphatic heterocycles. The van der Waals surface area contributed by atoms with Crippen LogP contribution in [0.1, 0.15) is 23.9 Å². The van der Waals surface area contributed by atoms with Crippen molar-refractivity contribution in [1.29, 1.82) is 5.26 Å². The lowest BCUT2D eigenvalue weighted by atomic mass is 10.1. The number of carbonyl (C=O) groups is 1. The van der Waals surface area contributed by atoms with Crippen LogP contribution in [0, 0.1) is 18.3 Å². The summed E-state index contributed by atoms with van der Waals surface area (Å²) in [6, 6.07) is 23.4. The molecule has 1 heterocycles. The summed E-state index contributed by atoms with van der Waals surface area (Å²) in [4.78, 5) is 12.7. The molecule has 0 aliphatic rings. The first kappa shape index (κ1) is 18.2. The van der Waals surface area contributed by atoms with Gasteiger partial charge in [0.2, 0.25) is 0 Å². The van der Waals surface area contributed by atoms with Crippen LogP contribution in [0.25, 0.3) is 11.8 Å². The Balaban J connectivity index is 1.94. The summed E-state index contributed by atoms with van der Waals surface area (Å²) in [6.07, 6.45) is 2.43. The summed E-state index contributed by atoms with van der Waals surface area (Å²) in [5.41, 5.74) is 4.64. The van der Waals surface area contributed by atoms with E-state index in [1.54, 1.807) is 6.08 Å². The molecule has 4 nitrogen and oxygen atoms in total. The molecule has 3 aromatic rings. The summed E-state index contributed by atoms with van der Waals surface area (Å²) in [5, 5.41) is 12.4. The maximum atomic E-state index is 12.7. The third-order valence-electron chi connectivity index (χ3n) is 4.42. The molecule has 1 aromatic heterocycles. The molecule has 0 spiro atoms. The Kier molecular flexibility index (Phi) is 5.53. The van der Waals surface area contributed by atoms with E-state index in [-0.39, 0.29) is 5.57 Å². The van der Waals surface area contributed by atoms with E-state index in [0.29, 0.717) is 0 Å². The highest BCUT2D eigenvalue weighted by atomic mass is 16.1. The van der Waals surface area contributed by atoms with Crippen molar-refractivity contribution in [3.63, 3.8) is 0 Å². The second-order valence-electron chi connectivity index (χ2n) is 6.21. The summed E-state index contributed by atoms with van der Waals surface area (Å²) in [5.74, 6) is -0.406. The second kappa shape index (κ2) is 8.20. The number of nitrogens with zero attached hydrogens (tertiary/aromatic N) is 2. The summed E-state index contributed by atoms with van der Waals surface area (Å²) in [7, 11) is 0. The molecule has 0 atom stereocenters. The Morgan fingerprint density at radius 3 is 2.48 bits per heavy atom. The fraction of sp³-hybridized carbons (Fsp3) is 0.130. The van der Waals surface area contributed by atoms with Crippen LogP contribution in [0.4, 0.5) is 5.69 Å². The SMILES string of the molecule is CCc1ccccc1NC(=O)/C(C#N)=C\c1ccc(C)n1-c1ccccc1. The standard InChI is InChI=1S/C23H21N3O/c1-3-18-9-7-8-12-22(18)25-23(27)19(16-24)15-21-14-13-17(2)26(21)20-10-5-4-6-11-20/h4-15H,3H2,1-2H3,(H,25,27)/b19-15-. The molecule has 0 aliphatic carbocycles. The molecule has 3 rings (SSSR count). The third kappa shape index (κ3) is 3.99. The number of benzene rings is 2. The van der Waals surface area contributed by atoms with Gasteiger partial charge in [-0.2, -0.15) is 5.26 Å². The zero-order chi connectivity index (χ0) is 19.2. The highest BCUT2D eigenvalue weighted by Gasteiger charge is 2.13. The van der Waals surface area contributed by atoms with E-state index >= 15 is 0 Å². The van der Waals surface area contributed by atoms with Gasteiger partial charge >= 0.3 is 0 Å². The van der Waals surface area contributed by atoms with E-state index in [1.165, 1.54) is 0 Å². The van der Waals surface area contributed by atoms with Gasteiger partial charge in [0.15, 0.2) is 0 Å². The Morgan fingerprint density at radius 2 is 1.78 bits per heavy atom. The number of para-hydroxylation sites is 2. The molecule has 1 N–H and O–H groups in total. The number of carbonyl (C=O) groups excluding carboxylic acids is 1. The molecule has 2 aromatic carbocycles. The van der Waals surface area contributed by atoms with E-state index in [2.05, 4.69) is 5.32 Å². The number of aromatic nitrogens is 1. The number of anilines is 1. The summed E-state index contributed by atoms with van der Waals surface area (Å²) in [6.45, 7) is 4.02. The van der Waals surface area contributed by atoms with Crippen LogP contribution in [0.2, 0.25) is 0 Å². The highest BCUT2D eigenvalue weighted by Crippen LogP contribution is 2.20. The van der Waals surface area contributed by atoms with Crippen molar-refractivity contribution in [2.24, 2.45) is 0 Å². The van der Waals surface area contributed by atoms with E-state index in [1.807, 2.05) is 91.2 Å². The van der Waals surface area contributed by atoms with Crippen LogP contribution >= 0.6 is 0 Å². The van der Waals surface area contributed by atoms with Crippen LogP contribution < -0.4 is 5.32 Å². The van der Waals surface area contributed by atoms with Gasteiger partial charge in [-0.05, 0) is 55.3 Å². The van der Waals surface area contributed by atoms with Crippen LogP contribution in [0.3, 0.4) is 0 Å². The lowest BCUT2D eigenvalue weighted by molar-refractivity contribution is -0.112. The van der Waals surface area contributed by atoms with Crippen molar-refractivity contribution in [3.05, 3.63) is 89.3 Å². The predicted molar refractivity (Wildman–Crippen MR) is 109 cm³/mol. The molecule has 0 unspecified atom stereocenters. The van der Waals surface area contributed by atoms with Gasteiger partial charge in [-0.25, -0.2) is 0 Å². The molecule has 0 bridgehead atoms. The number of nitrogens with one attached hydrogen (secondary N) is 1. The molecule has 4 heteroatoms. The first-order valence-electron chi connectivity index (χ1n) is 8.89. The fourth-order valence-corrected chi connectivity index (χ4v) is 3.04. The lowest BCUT2D eigenvalue weighted by Gasteiger charge is -2.11. The van der Waals surface area contributed by atoms with Gasteiger partial charge in [0.25, 0.3) is 5.91 Å². The van der Waals surface area contributed by atoms with Gasteiger partial charge in [0.1, 0.15) is 11.6 Å². The molecule has 0 saturated heterocycles. The maximum Gasteiger partial charge on any atom is 0.266 e. The van der Waals surface area contributed by atoms with Gasteiger partial charge in [0.05, 0.1) is 0 Å². The van der Waals surface area contributed by atoms with Crippen LogP contribution in [-0.4, -0.2) is 10.5 Å². The van der Waals surface area contributed by atoms with Crippen molar-refractivity contribution in [3.8, 4) is 11.8 Å². The second-order valence-corrected chi connectivity index (χ2v) is 6.21. The van der Waals surface area contributed by atoms with Gasteiger partial charge < -0.3 is 9.88 Å². The van der Waals surface area contributed by atoms with Crippen molar-refractivity contribution in [2.75, 3.05) is 5.32 Å². The number of amides is 1. The van der Waals surface area contributed by atoms with Gasteiger partial charge in [0, 0.05) is 22.8 Å². The first-order chi connectivity index (χ1) is 13.1. The fourth-order valence-electron chi connectivity index (χ4n) is 3.04. The van der Waals surface area contributed by atoms with Gasteiger partial charge in [-0.1, -0.05) is 43.3 Å². The van der Waals surface area contributed by atoms with E-state index < -0.39 is 5.91 Å². The average molecular weight is 355 g/mol. The van der Waals surface area contributed by atoms with E-state index in [9.17, 15) is 10.1 Å². The third-order valence-corrected chi connectivity index (χ3v) is 4.42. The minimum Gasteiger partial charge on any atom is -0.321 e. The number of nitriles is 1. The average Bonchev–Trinajstić information content (AvgIpc) is 3.07. The predicted octanol–water partition coefficient (Wildman–Crippen LogP) is 4.89. The maximum absolute atomic E-state index is 12.7. The minimum absolute atomic E-state index is 0.0659. The molecule has 0 saturated carbocycles. The van der Waals surface area contributed by atoms with Crippen molar-refractivity contribution in [2.45, 2.75) is 20.3 Å².